The van der Waals surface area contributed by atoms with Gasteiger partial charge in [-0.2, -0.15) is 0 Å². The molecule has 196 valence electrons. The lowest BCUT2D eigenvalue weighted by Crippen LogP contribution is -2.47. The summed E-state index contributed by atoms with van der Waals surface area (Å²) in [5.41, 5.74) is 6.81. The minimum atomic E-state index is -0.637. The van der Waals surface area contributed by atoms with Crippen molar-refractivity contribution < 1.29 is 9.59 Å². The number of unbranched alkanes of at least 4 members (excludes halogenated alkanes) is 3. The summed E-state index contributed by atoms with van der Waals surface area (Å²) in [5, 5.41) is 0. The molecule has 1 saturated heterocycles. The molecule has 0 unspecified atom stereocenters. The molecule has 1 aromatic heterocycles. The van der Waals surface area contributed by atoms with E-state index in [0.29, 0.717) is 44.6 Å². The summed E-state index contributed by atoms with van der Waals surface area (Å²) in [4.78, 5) is 57.7. The lowest BCUT2D eigenvalue weighted by Gasteiger charge is -2.34. The number of carbonyl (C=O) groups is 2. The van der Waals surface area contributed by atoms with E-state index in [-0.39, 0.29) is 29.2 Å². The summed E-state index contributed by atoms with van der Waals surface area (Å²) in [6.07, 6.45) is 5.19. The zero-order chi connectivity index (χ0) is 26.2. The van der Waals surface area contributed by atoms with Gasteiger partial charge in [0.25, 0.3) is 11.5 Å². The number of aromatic amines is 1. The van der Waals surface area contributed by atoms with Crippen molar-refractivity contribution in [3.05, 3.63) is 56.2 Å². The van der Waals surface area contributed by atoms with Crippen molar-refractivity contribution in [2.24, 2.45) is 5.92 Å². The molecule has 0 bridgehead atoms. The van der Waals surface area contributed by atoms with Crippen molar-refractivity contribution in [1.29, 1.82) is 0 Å². The Balaban J connectivity index is 1.83. The van der Waals surface area contributed by atoms with Crippen molar-refractivity contribution in [3.8, 4) is 0 Å². The van der Waals surface area contributed by atoms with E-state index in [9.17, 15) is 19.2 Å². The smallest absolute Gasteiger partial charge is 0.330 e. The third kappa shape index (κ3) is 6.06. The maximum atomic E-state index is 13.7. The molecule has 2 amide bonds. The molecule has 3 rings (SSSR count). The minimum Gasteiger partial charge on any atom is -0.383 e. The predicted octanol–water partition coefficient (Wildman–Crippen LogP) is 3.30. The number of H-pyrrole nitrogens is 1. The van der Waals surface area contributed by atoms with E-state index in [1.54, 1.807) is 4.90 Å². The number of nitrogens with zero attached hydrogens (tertiary/aromatic N) is 3. The summed E-state index contributed by atoms with van der Waals surface area (Å²) in [7, 11) is 0. The van der Waals surface area contributed by atoms with Crippen LogP contribution in [0.1, 0.15) is 74.7 Å². The number of piperidine rings is 1. The first-order valence-corrected chi connectivity index (χ1v) is 13.1. The number of nitrogens with two attached hydrogens (primary N) is 1. The minimum absolute atomic E-state index is 0.0255. The van der Waals surface area contributed by atoms with Crippen molar-refractivity contribution in [3.63, 3.8) is 0 Å². The summed E-state index contributed by atoms with van der Waals surface area (Å²) in [5.74, 6) is -0.494. The monoisotopic (exact) mass is 497 g/mol. The van der Waals surface area contributed by atoms with Gasteiger partial charge in [0.1, 0.15) is 5.82 Å². The number of anilines is 2. The Bertz CT molecular complexity index is 1180. The maximum Gasteiger partial charge on any atom is 0.330 e. The van der Waals surface area contributed by atoms with E-state index in [0.717, 1.165) is 37.7 Å². The Morgan fingerprint density at radius 1 is 1.06 bits per heavy atom. The van der Waals surface area contributed by atoms with Crippen LogP contribution in [-0.4, -0.2) is 45.9 Å². The van der Waals surface area contributed by atoms with Gasteiger partial charge >= 0.3 is 5.69 Å². The molecule has 9 heteroatoms. The SMILES string of the molecule is CCCCCN(C(=O)C1CCN(C(=O)c2ccccc2C)CC1)c1c(N)n(CCCC)c(=O)[nH]c1=O. The molecule has 0 aliphatic carbocycles. The molecule has 1 fully saturated rings. The Labute approximate surface area is 212 Å². The molecule has 2 heterocycles. The van der Waals surface area contributed by atoms with Gasteiger partial charge in [-0.05, 0) is 44.2 Å². The molecule has 3 N–H and O–H groups in total. The third-order valence-corrected chi connectivity index (χ3v) is 6.98. The number of nitrogen functional groups attached to an aromatic ring is 1. The highest BCUT2D eigenvalue weighted by molar-refractivity contribution is 5.98. The molecule has 1 aromatic carbocycles. The number of nitrogens with one attached hydrogen (secondary N) is 1. The van der Waals surface area contributed by atoms with E-state index in [1.165, 1.54) is 9.47 Å². The van der Waals surface area contributed by atoms with Gasteiger partial charge < -0.3 is 15.5 Å². The highest BCUT2D eigenvalue weighted by Crippen LogP contribution is 2.26. The van der Waals surface area contributed by atoms with Crippen LogP contribution in [0.15, 0.2) is 33.9 Å². The second-order valence-electron chi connectivity index (χ2n) is 9.58. The molecule has 0 spiro atoms. The zero-order valence-corrected chi connectivity index (χ0v) is 21.7. The Morgan fingerprint density at radius 3 is 2.36 bits per heavy atom. The Hall–Kier alpha value is -3.36. The van der Waals surface area contributed by atoms with Crippen molar-refractivity contribution in [1.82, 2.24) is 14.5 Å². The van der Waals surface area contributed by atoms with Gasteiger partial charge in [-0.15, -0.1) is 0 Å². The Kier molecular flexibility index (Phi) is 9.50. The number of benzene rings is 1. The lowest BCUT2D eigenvalue weighted by atomic mass is 9.94. The average Bonchev–Trinajstić information content (AvgIpc) is 2.87. The summed E-state index contributed by atoms with van der Waals surface area (Å²) >= 11 is 0. The molecule has 2 aromatic rings. The first kappa shape index (κ1) is 27.2. The van der Waals surface area contributed by atoms with E-state index in [2.05, 4.69) is 11.9 Å². The van der Waals surface area contributed by atoms with Gasteiger partial charge in [0.2, 0.25) is 5.91 Å². The summed E-state index contributed by atoms with van der Waals surface area (Å²) < 4.78 is 1.35. The van der Waals surface area contributed by atoms with Crippen LogP contribution >= 0.6 is 0 Å². The van der Waals surface area contributed by atoms with Gasteiger partial charge in [0.05, 0.1) is 0 Å². The number of aryl methyl sites for hydroxylation is 1. The molecule has 0 atom stereocenters. The number of likely N-dealkylation sites (tertiary alicyclic amines) is 1. The Morgan fingerprint density at radius 2 is 1.72 bits per heavy atom. The van der Waals surface area contributed by atoms with Gasteiger partial charge in [0.15, 0.2) is 5.69 Å². The molecule has 0 saturated carbocycles. The molecule has 0 radical (unpaired) electrons. The fraction of sp³-hybridized carbons (Fsp3) is 0.556. The highest BCUT2D eigenvalue weighted by atomic mass is 16.2. The van der Waals surface area contributed by atoms with Crippen LogP contribution in [0.3, 0.4) is 0 Å². The van der Waals surface area contributed by atoms with Gasteiger partial charge in [0, 0.05) is 37.7 Å². The number of hydrogen-bond donors (Lipinski definition) is 2. The standard InChI is InChI=1S/C27H39N5O4/c1-4-6-10-16-31(22-23(28)32(15-7-5-2)27(36)29-24(22)33)25(34)20-13-17-30(18-14-20)26(35)21-12-9-8-11-19(21)3/h8-9,11-12,20H,4-7,10,13-18,28H2,1-3H3,(H,29,33,36). The first-order valence-electron chi connectivity index (χ1n) is 13.1. The highest BCUT2D eigenvalue weighted by Gasteiger charge is 2.33. The van der Waals surface area contributed by atoms with Crippen LogP contribution in [0.2, 0.25) is 0 Å². The molecular weight excluding hydrogens is 458 g/mol. The number of aromatic nitrogens is 2. The van der Waals surface area contributed by atoms with Crippen LogP contribution in [0.25, 0.3) is 0 Å². The van der Waals surface area contributed by atoms with E-state index >= 15 is 0 Å². The zero-order valence-electron chi connectivity index (χ0n) is 21.7. The lowest BCUT2D eigenvalue weighted by molar-refractivity contribution is -0.123. The maximum absolute atomic E-state index is 13.7. The largest absolute Gasteiger partial charge is 0.383 e. The fourth-order valence-electron chi connectivity index (χ4n) is 4.76. The van der Waals surface area contributed by atoms with E-state index in [1.807, 2.05) is 38.1 Å². The number of amides is 2. The van der Waals surface area contributed by atoms with E-state index in [4.69, 9.17) is 5.73 Å². The molecular formula is C27H39N5O4. The topological polar surface area (TPSA) is 121 Å². The molecule has 9 nitrogen and oxygen atoms in total. The number of hydrogen-bond acceptors (Lipinski definition) is 5. The van der Waals surface area contributed by atoms with Gasteiger partial charge in [-0.1, -0.05) is 51.3 Å². The van der Waals surface area contributed by atoms with Crippen molar-refractivity contribution in [2.75, 3.05) is 30.3 Å². The fourth-order valence-corrected chi connectivity index (χ4v) is 4.76. The summed E-state index contributed by atoms with van der Waals surface area (Å²) in [6, 6.07) is 7.50. The van der Waals surface area contributed by atoms with Gasteiger partial charge in [-0.25, -0.2) is 4.79 Å². The normalized spacial score (nSPS) is 14.1. The predicted molar refractivity (Wildman–Crippen MR) is 142 cm³/mol. The van der Waals surface area contributed by atoms with Crippen LogP contribution in [0, 0.1) is 12.8 Å². The van der Waals surface area contributed by atoms with Crippen LogP contribution < -0.4 is 21.9 Å². The second-order valence-corrected chi connectivity index (χ2v) is 9.58. The molecule has 1 aliphatic rings. The number of rotatable bonds is 10. The van der Waals surface area contributed by atoms with Crippen LogP contribution in [0.4, 0.5) is 11.5 Å². The van der Waals surface area contributed by atoms with Gasteiger partial charge in [-0.3, -0.25) is 23.9 Å². The quantitative estimate of drug-likeness (QED) is 0.488. The van der Waals surface area contributed by atoms with E-state index < -0.39 is 11.2 Å². The van der Waals surface area contributed by atoms with Crippen LogP contribution in [-0.2, 0) is 11.3 Å². The summed E-state index contributed by atoms with van der Waals surface area (Å²) in [6.45, 7) is 7.65. The average molecular weight is 498 g/mol. The van der Waals surface area contributed by atoms with Crippen molar-refractivity contribution in [2.45, 2.75) is 72.3 Å². The van der Waals surface area contributed by atoms with Crippen molar-refractivity contribution >= 4 is 23.3 Å². The third-order valence-electron chi connectivity index (χ3n) is 6.98. The number of carbonyl (C=O) groups excluding carboxylic acids is 2. The molecule has 1 aliphatic heterocycles. The first-order chi connectivity index (χ1) is 17.3. The van der Waals surface area contributed by atoms with Crippen LogP contribution in [0.5, 0.6) is 0 Å². The second kappa shape index (κ2) is 12.6. The molecule has 36 heavy (non-hydrogen) atoms.